The summed E-state index contributed by atoms with van der Waals surface area (Å²) in [7, 11) is 3.19. The third-order valence-electron chi connectivity index (χ3n) is 4.60. The van der Waals surface area contributed by atoms with Crippen LogP contribution in [-0.4, -0.2) is 38.9 Å². The minimum Gasteiger partial charge on any atom is -0.493 e. The molecule has 0 heterocycles. The number of carbonyl (C=O) groups is 1. The molecule has 0 saturated heterocycles. The first-order valence-corrected chi connectivity index (χ1v) is 9.52. The number of amides is 1. The molecular formula is C22H29N3O3. The Hall–Kier alpha value is -3.02. The Morgan fingerprint density at radius 2 is 1.54 bits per heavy atom. The molecule has 1 amide bonds. The van der Waals surface area contributed by atoms with E-state index in [0.717, 1.165) is 30.1 Å². The van der Waals surface area contributed by atoms with Crippen molar-refractivity contribution in [2.24, 2.45) is 5.10 Å². The Kier molecular flexibility index (Phi) is 7.87. The number of carbonyl (C=O) groups excluding carboxylic acids is 1. The van der Waals surface area contributed by atoms with Gasteiger partial charge in [-0.1, -0.05) is 6.92 Å². The molecule has 6 heteroatoms. The Balaban J connectivity index is 2.15. The normalized spacial score (nSPS) is 11.1. The lowest BCUT2D eigenvalue weighted by Gasteiger charge is -2.20. The number of nitrogens with one attached hydrogen (secondary N) is 1. The van der Waals surface area contributed by atoms with Crippen molar-refractivity contribution in [2.75, 3.05) is 32.2 Å². The SMILES string of the molecule is CCC(=NNC(=O)c1ccc(N(CC)CC)cc1)c1ccc(OC)c(OC)c1. The number of benzene rings is 2. The van der Waals surface area contributed by atoms with Crippen molar-refractivity contribution in [3.05, 3.63) is 53.6 Å². The van der Waals surface area contributed by atoms with Crippen molar-refractivity contribution in [1.29, 1.82) is 0 Å². The molecule has 0 aliphatic carbocycles. The number of hydrazone groups is 1. The summed E-state index contributed by atoms with van der Waals surface area (Å²) in [6.45, 7) is 8.06. The summed E-state index contributed by atoms with van der Waals surface area (Å²) >= 11 is 0. The van der Waals surface area contributed by atoms with Crippen molar-refractivity contribution in [3.8, 4) is 11.5 Å². The number of ether oxygens (including phenoxy) is 2. The maximum Gasteiger partial charge on any atom is 0.271 e. The zero-order chi connectivity index (χ0) is 20.5. The van der Waals surface area contributed by atoms with Crippen LogP contribution in [0.2, 0.25) is 0 Å². The zero-order valence-electron chi connectivity index (χ0n) is 17.3. The number of hydrogen-bond donors (Lipinski definition) is 1. The van der Waals surface area contributed by atoms with Gasteiger partial charge in [-0.2, -0.15) is 5.10 Å². The standard InChI is InChI=1S/C22H29N3O3/c1-6-19(17-11-14-20(27-4)21(15-17)28-5)23-24-22(26)16-9-12-18(13-10-16)25(7-2)8-3/h9-15H,6-8H2,1-5H3,(H,24,26). The van der Waals surface area contributed by atoms with E-state index in [9.17, 15) is 4.79 Å². The topological polar surface area (TPSA) is 63.2 Å². The van der Waals surface area contributed by atoms with E-state index in [2.05, 4.69) is 29.3 Å². The molecule has 2 rings (SSSR count). The Morgan fingerprint density at radius 3 is 2.07 bits per heavy atom. The van der Waals surface area contributed by atoms with Crippen LogP contribution in [0.25, 0.3) is 0 Å². The van der Waals surface area contributed by atoms with Crippen LogP contribution in [0, 0.1) is 0 Å². The lowest BCUT2D eigenvalue weighted by atomic mass is 10.1. The van der Waals surface area contributed by atoms with Gasteiger partial charge in [0, 0.05) is 29.9 Å². The second-order valence-electron chi connectivity index (χ2n) is 6.14. The lowest BCUT2D eigenvalue weighted by Crippen LogP contribution is -2.22. The molecule has 0 aromatic heterocycles. The smallest absolute Gasteiger partial charge is 0.271 e. The molecule has 6 nitrogen and oxygen atoms in total. The zero-order valence-corrected chi connectivity index (χ0v) is 17.3. The van der Waals surface area contributed by atoms with E-state index >= 15 is 0 Å². The van der Waals surface area contributed by atoms with E-state index in [1.54, 1.807) is 14.2 Å². The predicted octanol–water partition coefficient (Wildman–Crippen LogP) is 4.09. The van der Waals surface area contributed by atoms with Crippen molar-refractivity contribution < 1.29 is 14.3 Å². The average molecular weight is 383 g/mol. The van der Waals surface area contributed by atoms with Gasteiger partial charge in [-0.25, -0.2) is 5.43 Å². The summed E-state index contributed by atoms with van der Waals surface area (Å²) < 4.78 is 10.6. The fourth-order valence-corrected chi connectivity index (χ4v) is 2.96. The van der Waals surface area contributed by atoms with Crippen molar-refractivity contribution in [3.63, 3.8) is 0 Å². The second kappa shape index (κ2) is 10.3. The Labute approximate surface area is 167 Å². The molecule has 0 unspecified atom stereocenters. The van der Waals surface area contributed by atoms with Gasteiger partial charge in [0.05, 0.1) is 19.9 Å². The largest absolute Gasteiger partial charge is 0.493 e. The van der Waals surface area contributed by atoms with E-state index in [4.69, 9.17) is 9.47 Å². The van der Waals surface area contributed by atoms with Gasteiger partial charge in [0.15, 0.2) is 11.5 Å². The van der Waals surface area contributed by atoms with Gasteiger partial charge >= 0.3 is 0 Å². The van der Waals surface area contributed by atoms with Crippen LogP contribution >= 0.6 is 0 Å². The molecule has 0 aliphatic rings. The second-order valence-corrected chi connectivity index (χ2v) is 6.14. The molecule has 0 spiro atoms. The van der Waals surface area contributed by atoms with E-state index in [-0.39, 0.29) is 5.91 Å². The molecule has 1 N–H and O–H groups in total. The highest BCUT2D eigenvalue weighted by atomic mass is 16.5. The van der Waals surface area contributed by atoms with Crippen molar-refractivity contribution in [2.45, 2.75) is 27.2 Å². The van der Waals surface area contributed by atoms with Crippen molar-refractivity contribution in [1.82, 2.24) is 5.43 Å². The van der Waals surface area contributed by atoms with Crippen LogP contribution in [0.4, 0.5) is 5.69 Å². The van der Waals surface area contributed by atoms with E-state index in [0.29, 0.717) is 23.5 Å². The maximum absolute atomic E-state index is 12.5. The predicted molar refractivity (Wildman–Crippen MR) is 114 cm³/mol. The first-order valence-electron chi connectivity index (χ1n) is 9.52. The highest BCUT2D eigenvalue weighted by molar-refractivity contribution is 6.02. The fraction of sp³-hybridized carbons (Fsp3) is 0.364. The minimum atomic E-state index is -0.238. The molecule has 0 fully saturated rings. The van der Waals surface area contributed by atoms with Gasteiger partial charge in [-0.15, -0.1) is 0 Å². The summed E-state index contributed by atoms with van der Waals surface area (Å²) in [5, 5.41) is 4.32. The number of nitrogens with zero attached hydrogens (tertiary/aromatic N) is 2. The van der Waals surface area contributed by atoms with Gasteiger partial charge in [0.25, 0.3) is 5.91 Å². The van der Waals surface area contributed by atoms with Crippen LogP contribution in [0.5, 0.6) is 11.5 Å². The third-order valence-corrected chi connectivity index (χ3v) is 4.60. The van der Waals surface area contributed by atoms with Crippen LogP contribution in [0.15, 0.2) is 47.6 Å². The highest BCUT2D eigenvalue weighted by Gasteiger charge is 2.10. The quantitative estimate of drug-likeness (QED) is 0.523. The maximum atomic E-state index is 12.5. The molecule has 2 aromatic rings. The van der Waals surface area contributed by atoms with E-state index in [1.807, 2.05) is 49.4 Å². The Bertz CT molecular complexity index is 812. The molecular weight excluding hydrogens is 354 g/mol. The summed E-state index contributed by atoms with van der Waals surface area (Å²) in [5.41, 5.74) is 5.96. The van der Waals surface area contributed by atoms with Crippen LogP contribution < -0.4 is 19.8 Å². The number of methoxy groups -OCH3 is 2. The van der Waals surface area contributed by atoms with Gasteiger partial charge in [-0.3, -0.25) is 4.79 Å². The molecule has 0 aliphatic heterocycles. The highest BCUT2D eigenvalue weighted by Crippen LogP contribution is 2.28. The summed E-state index contributed by atoms with van der Waals surface area (Å²) in [6.07, 6.45) is 0.663. The lowest BCUT2D eigenvalue weighted by molar-refractivity contribution is 0.0955. The Morgan fingerprint density at radius 1 is 0.929 bits per heavy atom. The summed E-state index contributed by atoms with van der Waals surface area (Å²) in [5.74, 6) is 1.04. The summed E-state index contributed by atoms with van der Waals surface area (Å²) in [6, 6.07) is 13.1. The van der Waals surface area contributed by atoms with Crippen LogP contribution in [0.3, 0.4) is 0 Å². The fourth-order valence-electron chi connectivity index (χ4n) is 2.96. The summed E-state index contributed by atoms with van der Waals surface area (Å²) in [4.78, 5) is 14.7. The van der Waals surface area contributed by atoms with Gasteiger partial charge < -0.3 is 14.4 Å². The first kappa shape index (κ1) is 21.3. The van der Waals surface area contributed by atoms with Crippen LogP contribution in [0.1, 0.15) is 43.1 Å². The minimum absolute atomic E-state index is 0.238. The average Bonchev–Trinajstić information content (AvgIpc) is 2.75. The molecule has 2 aromatic carbocycles. The first-order chi connectivity index (χ1) is 13.6. The molecule has 0 saturated carbocycles. The number of anilines is 1. The third kappa shape index (κ3) is 5.03. The molecule has 0 atom stereocenters. The molecule has 0 bridgehead atoms. The van der Waals surface area contributed by atoms with Gasteiger partial charge in [0.2, 0.25) is 0 Å². The molecule has 0 radical (unpaired) electrons. The van der Waals surface area contributed by atoms with Gasteiger partial charge in [-0.05, 0) is 62.7 Å². The monoisotopic (exact) mass is 383 g/mol. The van der Waals surface area contributed by atoms with Crippen molar-refractivity contribution >= 4 is 17.3 Å². The number of hydrogen-bond acceptors (Lipinski definition) is 5. The van der Waals surface area contributed by atoms with E-state index in [1.165, 1.54) is 0 Å². The van der Waals surface area contributed by atoms with Crippen LogP contribution in [-0.2, 0) is 0 Å². The molecule has 150 valence electrons. The van der Waals surface area contributed by atoms with Gasteiger partial charge in [0.1, 0.15) is 0 Å². The number of rotatable bonds is 9. The van der Waals surface area contributed by atoms with E-state index < -0.39 is 0 Å². The molecule has 28 heavy (non-hydrogen) atoms.